The summed E-state index contributed by atoms with van der Waals surface area (Å²) in [6.07, 6.45) is 0.143. The quantitative estimate of drug-likeness (QED) is 0.528. The fourth-order valence-electron chi connectivity index (χ4n) is 2.92. The first-order valence-electron chi connectivity index (χ1n) is 9.34. The fourth-order valence-corrected chi connectivity index (χ4v) is 2.92. The number of carboxylic acid groups (broad SMARTS) is 1. The van der Waals surface area contributed by atoms with Gasteiger partial charge in [-0.3, -0.25) is 4.79 Å². The molecule has 1 heterocycles. The summed E-state index contributed by atoms with van der Waals surface area (Å²) in [6.45, 7) is 9.50. The van der Waals surface area contributed by atoms with E-state index in [1.807, 2.05) is 12.1 Å². The van der Waals surface area contributed by atoms with E-state index in [1.165, 1.54) is 0 Å². The van der Waals surface area contributed by atoms with E-state index in [0.717, 1.165) is 24.3 Å². The number of carbonyl (C=O) groups is 2. The Morgan fingerprint density at radius 2 is 1.82 bits per heavy atom. The highest BCUT2D eigenvalue weighted by molar-refractivity contribution is 6.01. The number of hydrogen-bond acceptors (Lipinski definition) is 6. The number of carbonyl (C=O) groups excluding carboxylic acids is 2. The van der Waals surface area contributed by atoms with E-state index in [2.05, 4.69) is 29.3 Å². The minimum Gasteiger partial charge on any atom is -0.550 e. The number of hydrogen-bond donors (Lipinski definition) is 1. The highest BCUT2D eigenvalue weighted by Crippen LogP contribution is 2.17. The molecule has 7 nitrogen and oxygen atoms in total. The Balaban J connectivity index is 2.04. The van der Waals surface area contributed by atoms with E-state index in [9.17, 15) is 14.7 Å². The van der Waals surface area contributed by atoms with Crippen LogP contribution >= 0.6 is 0 Å². The van der Waals surface area contributed by atoms with Crippen molar-refractivity contribution >= 4 is 23.3 Å². The van der Waals surface area contributed by atoms with Crippen LogP contribution in [0.1, 0.15) is 54.6 Å². The Hall–Kier alpha value is -3.09. The van der Waals surface area contributed by atoms with Crippen LogP contribution < -0.4 is 15.4 Å². The molecule has 1 aromatic heterocycles. The summed E-state index contributed by atoms with van der Waals surface area (Å²) in [6, 6.07) is 9.12. The van der Waals surface area contributed by atoms with Gasteiger partial charge >= 0.3 is 0 Å². The van der Waals surface area contributed by atoms with E-state index >= 15 is 0 Å². The molecule has 7 heteroatoms. The second kappa shape index (κ2) is 9.73. The van der Waals surface area contributed by atoms with Crippen LogP contribution in [0.4, 0.5) is 5.69 Å². The first kappa shape index (κ1) is 21.2. The molecule has 1 aromatic carbocycles. The van der Waals surface area contributed by atoms with Crippen molar-refractivity contribution in [2.24, 2.45) is 5.10 Å². The van der Waals surface area contributed by atoms with Crippen molar-refractivity contribution in [3.8, 4) is 0 Å². The van der Waals surface area contributed by atoms with Crippen molar-refractivity contribution in [3.63, 3.8) is 0 Å². The molecule has 28 heavy (non-hydrogen) atoms. The van der Waals surface area contributed by atoms with Gasteiger partial charge in [0.2, 0.25) is 0 Å². The minimum absolute atomic E-state index is 0.108. The number of rotatable bonds is 9. The molecule has 0 aliphatic rings. The Bertz CT molecular complexity index is 849. The van der Waals surface area contributed by atoms with Crippen molar-refractivity contribution in [3.05, 3.63) is 53.0 Å². The summed E-state index contributed by atoms with van der Waals surface area (Å²) in [5, 5.41) is 14.7. The Labute approximate surface area is 165 Å². The molecule has 0 saturated carbocycles. The average Bonchev–Trinajstić information content (AvgIpc) is 3.06. The average molecular weight is 384 g/mol. The van der Waals surface area contributed by atoms with Gasteiger partial charge in [0.1, 0.15) is 11.5 Å². The van der Waals surface area contributed by atoms with Crippen LogP contribution in [0.3, 0.4) is 0 Å². The lowest BCUT2D eigenvalue weighted by molar-refractivity contribution is -0.305. The van der Waals surface area contributed by atoms with Gasteiger partial charge in [-0.25, -0.2) is 5.43 Å². The fraction of sp³-hybridized carbons (Fsp3) is 0.381. The number of aliphatic carboxylic acids is 1. The molecule has 1 amide bonds. The van der Waals surface area contributed by atoms with Gasteiger partial charge in [-0.1, -0.05) is 0 Å². The molecule has 0 atom stereocenters. The number of furan rings is 1. The van der Waals surface area contributed by atoms with Gasteiger partial charge < -0.3 is 19.2 Å². The smallest absolute Gasteiger partial charge is 0.271 e. The van der Waals surface area contributed by atoms with Gasteiger partial charge in [-0.05, 0) is 64.4 Å². The number of carboxylic acids is 1. The van der Waals surface area contributed by atoms with Crippen LogP contribution in [0.15, 0.2) is 39.9 Å². The summed E-state index contributed by atoms with van der Waals surface area (Å²) in [5.74, 6) is -0.263. The second-order valence-electron chi connectivity index (χ2n) is 6.41. The van der Waals surface area contributed by atoms with E-state index in [-0.39, 0.29) is 18.7 Å². The number of anilines is 1. The maximum absolute atomic E-state index is 12.3. The van der Waals surface area contributed by atoms with E-state index in [4.69, 9.17) is 4.42 Å². The first-order valence-corrected chi connectivity index (χ1v) is 9.34. The highest BCUT2D eigenvalue weighted by Gasteiger charge is 2.12. The number of hydrazone groups is 1. The Kier molecular flexibility index (Phi) is 7.37. The molecule has 1 N–H and O–H groups in total. The van der Waals surface area contributed by atoms with Gasteiger partial charge in [-0.2, -0.15) is 5.10 Å². The molecule has 0 aliphatic heterocycles. The van der Waals surface area contributed by atoms with Crippen LogP contribution in [-0.2, 0) is 11.2 Å². The molecular weight excluding hydrogens is 358 g/mol. The molecule has 2 aromatic rings. The van der Waals surface area contributed by atoms with E-state index in [0.29, 0.717) is 22.8 Å². The maximum atomic E-state index is 12.3. The third-order valence-corrected chi connectivity index (χ3v) is 4.52. The number of amides is 1. The van der Waals surface area contributed by atoms with Crippen molar-refractivity contribution in [1.29, 1.82) is 0 Å². The van der Waals surface area contributed by atoms with Crippen molar-refractivity contribution in [2.45, 2.75) is 40.5 Å². The van der Waals surface area contributed by atoms with Gasteiger partial charge in [0, 0.05) is 42.3 Å². The lowest BCUT2D eigenvalue weighted by atomic mass is 10.1. The normalized spacial score (nSPS) is 11.4. The lowest BCUT2D eigenvalue weighted by Crippen LogP contribution is -2.22. The number of aryl methyl sites for hydroxylation is 2. The monoisotopic (exact) mass is 384 g/mol. The van der Waals surface area contributed by atoms with Crippen LogP contribution in [0.2, 0.25) is 0 Å². The molecule has 0 spiro atoms. The zero-order valence-electron chi connectivity index (χ0n) is 16.7. The van der Waals surface area contributed by atoms with Crippen LogP contribution in [-0.4, -0.2) is 30.7 Å². The van der Waals surface area contributed by atoms with Crippen LogP contribution in [0.5, 0.6) is 0 Å². The topological polar surface area (TPSA) is 98.0 Å². The number of nitrogens with zero attached hydrogens (tertiary/aromatic N) is 2. The molecule has 0 aliphatic carbocycles. The molecule has 0 radical (unpaired) electrons. The molecule has 0 unspecified atom stereocenters. The number of nitrogens with one attached hydrogen (secondary N) is 1. The van der Waals surface area contributed by atoms with Gasteiger partial charge in [0.15, 0.2) is 0 Å². The number of benzene rings is 1. The van der Waals surface area contributed by atoms with Crippen LogP contribution in [0, 0.1) is 6.92 Å². The summed E-state index contributed by atoms with van der Waals surface area (Å²) < 4.78 is 5.55. The maximum Gasteiger partial charge on any atom is 0.271 e. The summed E-state index contributed by atoms with van der Waals surface area (Å²) in [5.41, 5.74) is 5.44. The Morgan fingerprint density at radius 3 is 2.39 bits per heavy atom. The third-order valence-electron chi connectivity index (χ3n) is 4.52. The zero-order valence-corrected chi connectivity index (χ0v) is 16.7. The molecular formula is C21H26N3O4-. The predicted octanol–water partition coefficient (Wildman–Crippen LogP) is 2.27. The lowest BCUT2D eigenvalue weighted by Gasteiger charge is -2.20. The zero-order chi connectivity index (χ0) is 20.7. The van der Waals surface area contributed by atoms with E-state index < -0.39 is 5.97 Å². The van der Waals surface area contributed by atoms with Gasteiger partial charge in [0.05, 0.1) is 5.71 Å². The highest BCUT2D eigenvalue weighted by atomic mass is 16.4. The van der Waals surface area contributed by atoms with Crippen molar-refractivity contribution < 1.29 is 19.1 Å². The molecule has 150 valence electrons. The molecule has 2 rings (SSSR count). The molecule has 0 saturated heterocycles. The minimum atomic E-state index is -1.12. The summed E-state index contributed by atoms with van der Waals surface area (Å²) >= 11 is 0. The summed E-state index contributed by atoms with van der Waals surface area (Å²) in [4.78, 5) is 25.1. The van der Waals surface area contributed by atoms with Crippen LogP contribution in [0.25, 0.3) is 0 Å². The predicted molar refractivity (Wildman–Crippen MR) is 106 cm³/mol. The standard InChI is InChI=1S/C21H27N3O4/c1-5-24(6-2)17-9-7-16(8-10-17)21(27)23-22-14(3)19-13-18(28-15(19)4)11-12-20(25)26/h7-10,13H,5-6,11-12H2,1-4H3,(H,23,27)(H,25,26)/p-1/b22-14-. The molecule has 0 fully saturated rings. The second-order valence-corrected chi connectivity index (χ2v) is 6.41. The first-order chi connectivity index (χ1) is 13.3. The largest absolute Gasteiger partial charge is 0.550 e. The molecule has 0 bridgehead atoms. The van der Waals surface area contributed by atoms with Gasteiger partial charge in [-0.15, -0.1) is 0 Å². The van der Waals surface area contributed by atoms with E-state index in [1.54, 1.807) is 32.0 Å². The van der Waals surface area contributed by atoms with Crippen molar-refractivity contribution in [1.82, 2.24) is 5.43 Å². The third kappa shape index (κ3) is 5.45. The van der Waals surface area contributed by atoms with Gasteiger partial charge in [0.25, 0.3) is 5.91 Å². The SMILES string of the molecule is CCN(CC)c1ccc(C(=O)N/N=C(/C)c2cc(CCC(=O)[O-])oc2C)cc1. The Morgan fingerprint density at radius 1 is 1.18 bits per heavy atom. The summed E-state index contributed by atoms with van der Waals surface area (Å²) in [7, 11) is 0. The van der Waals surface area contributed by atoms with Crippen molar-refractivity contribution in [2.75, 3.05) is 18.0 Å².